The first-order valence-corrected chi connectivity index (χ1v) is 10.8. The zero-order valence-electron chi connectivity index (χ0n) is 18.0. The maximum atomic E-state index is 12.6. The molecule has 0 saturated carbocycles. The van der Waals surface area contributed by atoms with Gasteiger partial charge in [0.1, 0.15) is 5.75 Å². The van der Waals surface area contributed by atoms with Crippen LogP contribution in [0.2, 0.25) is 10.0 Å². The summed E-state index contributed by atoms with van der Waals surface area (Å²) in [6.45, 7) is 0. The molecule has 4 rings (SSSR count). The molecule has 0 fully saturated rings. The number of amides is 1. The van der Waals surface area contributed by atoms with Crippen molar-refractivity contribution in [1.82, 2.24) is 9.97 Å². The minimum Gasteiger partial charge on any atom is -0.497 e. The highest BCUT2D eigenvalue weighted by atomic mass is 35.5. The van der Waals surface area contributed by atoms with Gasteiger partial charge >= 0.3 is 0 Å². The summed E-state index contributed by atoms with van der Waals surface area (Å²) >= 11 is 12.0. The van der Waals surface area contributed by atoms with Gasteiger partial charge in [0.05, 0.1) is 38.9 Å². The Morgan fingerprint density at radius 1 is 1.11 bits per heavy atom. The number of hydrogen-bond donors (Lipinski definition) is 3. The minimum atomic E-state index is -1.12. The van der Waals surface area contributed by atoms with Crippen LogP contribution in [0.1, 0.15) is 17.0 Å². The summed E-state index contributed by atoms with van der Waals surface area (Å²) in [5.74, 6) is -1.90. The van der Waals surface area contributed by atoms with E-state index >= 15 is 0 Å². The Morgan fingerprint density at radius 3 is 2.43 bits per heavy atom. The van der Waals surface area contributed by atoms with E-state index in [2.05, 4.69) is 15.3 Å². The summed E-state index contributed by atoms with van der Waals surface area (Å²) in [7, 11) is 1.50. The quantitative estimate of drug-likeness (QED) is 0.232. The predicted molar refractivity (Wildman–Crippen MR) is 132 cm³/mol. The zero-order valence-corrected chi connectivity index (χ0v) is 19.5. The summed E-state index contributed by atoms with van der Waals surface area (Å²) in [6.07, 6.45) is 0. The van der Waals surface area contributed by atoms with Gasteiger partial charge in [-0.05, 0) is 35.9 Å². The number of ether oxygens (including phenoxy) is 1. The largest absolute Gasteiger partial charge is 0.497 e. The van der Waals surface area contributed by atoms with Crippen LogP contribution in [-0.4, -0.2) is 33.0 Å². The van der Waals surface area contributed by atoms with E-state index < -0.39 is 22.6 Å². The number of carbonyl (C=O) groups excluding carboxylic acids is 1. The van der Waals surface area contributed by atoms with Gasteiger partial charge in [-0.2, -0.15) is 4.98 Å². The zero-order chi connectivity index (χ0) is 25.3. The lowest BCUT2D eigenvalue weighted by Crippen LogP contribution is -2.23. The van der Waals surface area contributed by atoms with Crippen LogP contribution >= 0.6 is 23.2 Å². The van der Waals surface area contributed by atoms with E-state index in [0.29, 0.717) is 22.0 Å². The molecule has 10 nitrogen and oxygen atoms in total. The van der Waals surface area contributed by atoms with Crippen LogP contribution in [-0.2, 0) is 4.79 Å². The number of benzene rings is 3. The number of halogens is 2. The number of aromatic hydroxyl groups is 1. The number of carbonyl (C=O) groups is 1. The molecule has 35 heavy (non-hydrogen) atoms. The molecule has 0 radical (unpaired) electrons. The third-order valence-corrected chi connectivity index (χ3v) is 5.96. The van der Waals surface area contributed by atoms with Crippen LogP contribution in [0.25, 0.3) is 10.9 Å². The van der Waals surface area contributed by atoms with Crippen LogP contribution in [0, 0.1) is 10.1 Å². The fourth-order valence-corrected chi connectivity index (χ4v) is 3.90. The van der Waals surface area contributed by atoms with Crippen LogP contribution in [0.5, 0.6) is 11.6 Å². The van der Waals surface area contributed by atoms with E-state index in [9.17, 15) is 20.0 Å². The summed E-state index contributed by atoms with van der Waals surface area (Å²) < 4.78 is 5.15. The van der Waals surface area contributed by atoms with Crippen LogP contribution in [0.3, 0.4) is 0 Å². The first-order valence-electron chi connectivity index (χ1n) is 10.0. The number of primary amides is 1. The van der Waals surface area contributed by atoms with Crippen molar-refractivity contribution in [3.8, 4) is 11.6 Å². The number of nitrogens with zero attached hydrogens (tertiary/aromatic N) is 3. The van der Waals surface area contributed by atoms with Crippen molar-refractivity contribution in [2.75, 3.05) is 12.4 Å². The molecule has 1 atom stereocenters. The Labute approximate surface area is 208 Å². The standard InChI is InChI=1S/C23H17Cl2N5O5/c1-35-14-5-2-11(3-6-14)19(21(26)31)15-9-13(30(33)34)10-16-20(15)28-23(29-22(16)32)27-12-4-7-17(24)18(25)8-12/h2-10,19H,1H3,(H2,26,31)(H2,27,28,29,32). The first kappa shape index (κ1) is 24.0. The molecular weight excluding hydrogens is 497 g/mol. The molecule has 0 spiro atoms. The monoisotopic (exact) mass is 513 g/mol. The average molecular weight is 514 g/mol. The molecule has 1 aromatic heterocycles. The van der Waals surface area contributed by atoms with Crippen molar-refractivity contribution in [2.24, 2.45) is 5.73 Å². The molecular formula is C23H17Cl2N5O5. The molecule has 4 aromatic rings. The van der Waals surface area contributed by atoms with Crippen molar-refractivity contribution in [2.45, 2.75) is 5.92 Å². The second kappa shape index (κ2) is 9.61. The topological polar surface area (TPSA) is 154 Å². The Balaban J connectivity index is 1.92. The highest BCUT2D eigenvalue weighted by Gasteiger charge is 2.28. The number of methoxy groups -OCH3 is 1. The van der Waals surface area contributed by atoms with Crippen molar-refractivity contribution < 1.29 is 19.6 Å². The van der Waals surface area contributed by atoms with Crippen LogP contribution < -0.4 is 15.8 Å². The summed E-state index contributed by atoms with van der Waals surface area (Å²) in [5.41, 5.74) is 6.53. The van der Waals surface area contributed by atoms with Crippen molar-refractivity contribution in [1.29, 1.82) is 0 Å². The van der Waals surface area contributed by atoms with Gasteiger partial charge in [0.2, 0.25) is 17.7 Å². The molecule has 1 heterocycles. The van der Waals surface area contributed by atoms with E-state index in [0.717, 1.165) is 6.07 Å². The number of anilines is 2. The second-order valence-electron chi connectivity index (χ2n) is 7.42. The van der Waals surface area contributed by atoms with Gasteiger partial charge in [-0.1, -0.05) is 35.3 Å². The first-order chi connectivity index (χ1) is 16.7. The number of nitrogens with one attached hydrogen (secondary N) is 1. The molecule has 178 valence electrons. The van der Waals surface area contributed by atoms with Gasteiger partial charge in [0.25, 0.3) is 5.69 Å². The lowest BCUT2D eigenvalue weighted by atomic mass is 9.88. The number of fused-ring (bicyclic) bond motifs is 1. The number of nitro groups is 1. The van der Waals surface area contributed by atoms with Gasteiger partial charge in [-0.25, -0.2) is 4.98 Å². The highest BCUT2D eigenvalue weighted by Crippen LogP contribution is 2.37. The Hall–Kier alpha value is -4.15. The van der Waals surface area contributed by atoms with Gasteiger partial charge in [-0.3, -0.25) is 14.9 Å². The van der Waals surface area contributed by atoms with E-state index in [1.807, 2.05) is 0 Å². The molecule has 4 N–H and O–H groups in total. The van der Waals surface area contributed by atoms with Gasteiger partial charge in [0.15, 0.2) is 0 Å². The van der Waals surface area contributed by atoms with Gasteiger partial charge in [-0.15, -0.1) is 0 Å². The third kappa shape index (κ3) is 4.88. The lowest BCUT2D eigenvalue weighted by Gasteiger charge is -2.17. The number of hydrogen-bond acceptors (Lipinski definition) is 8. The summed E-state index contributed by atoms with van der Waals surface area (Å²) in [5, 5.41) is 25.7. The average Bonchev–Trinajstić information content (AvgIpc) is 2.82. The molecule has 1 amide bonds. The molecule has 1 unspecified atom stereocenters. The SMILES string of the molecule is COc1ccc(C(C(N)=O)c2cc([N+](=O)[O-])cc3c(O)nc(Nc4ccc(Cl)c(Cl)c4)nc23)cc1. The predicted octanol–water partition coefficient (Wildman–Crippen LogP) is 4.92. The molecule has 12 heteroatoms. The number of rotatable bonds is 7. The van der Waals surface area contributed by atoms with Crippen molar-refractivity contribution in [3.63, 3.8) is 0 Å². The lowest BCUT2D eigenvalue weighted by molar-refractivity contribution is -0.384. The van der Waals surface area contributed by atoms with Gasteiger partial charge < -0.3 is 20.9 Å². The third-order valence-electron chi connectivity index (χ3n) is 5.23. The highest BCUT2D eigenvalue weighted by molar-refractivity contribution is 6.42. The minimum absolute atomic E-state index is 0.0198. The fourth-order valence-electron chi connectivity index (χ4n) is 3.61. The Morgan fingerprint density at radius 2 is 1.83 bits per heavy atom. The molecule has 0 saturated heterocycles. The normalized spacial score (nSPS) is 11.7. The Bertz CT molecular complexity index is 1460. The second-order valence-corrected chi connectivity index (χ2v) is 8.24. The van der Waals surface area contributed by atoms with E-state index in [1.54, 1.807) is 36.4 Å². The molecule has 0 aliphatic carbocycles. The van der Waals surface area contributed by atoms with Crippen molar-refractivity contribution in [3.05, 3.63) is 85.9 Å². The number of nitro benzene ring substituents is 1. The molecule has 0 aliphatic heterocycles. The van der Waals surface area contributed by atoms with Crippen LogP contribution in [0.15, 0.2) is 54.6 Å². The fraction of sp³-hybridized carbons (Fsp3) is 0.0870. The molecule has 3 aromatic carbocycles. The van der Waals surface area contributed by atoms with Crippen molar-refractivity contribution >= 4 is 57.3 Å². The maximum absolute atomic E-state index is 12.6. The van der Waals surface area contributed by atoms with Crippen LogP contribution in [0.4, 0.5) is 17.3 Å². The number of nitrogens with two attached hydrogens (primary N) is 1. The Kier molecular flexibility index (Phi) is 6.59. The van der Waals surface area contributed by atoms with E-state index in [4.69, 9.17) is 33.7 Å². The number of aromatic nitrogens is 2. The number of non-ortho nitro benzene ring substituents is 1. The van der Waals surface area contributed by atoms with E-state index in [1.165, 1.54) is 19.2 Å². The summed E-state index contributed by atoms with van der Waals surface area (Å²) in [6, 6.07) is 13.6. The summed E-state index contributed by atoms with van der Waals surface area (Å²) in [4.78, 5) is 32.0. The molecule has 0 aliphatic rings. The smallest absolute Gasteiger partial charge is 0.270 e. The van der Waals surface area contributed by atoms with Gasteiger partial charge in [0, 0.05) is 23.4 Å². The molecule has 0 bridgehead atoms. The maximum Gasteiger partial charge on any atom is 0.270 e. The van der Waals surface area contributed by atoms with E-state index in [-0.39, 0.29) is 33.1 Å².